The van der Waals surface area contributed by atoms with Crippen molar-refractivity contribution in [2.75, 3.05) is 5.32 Å². The van der Waals surface area contributed by atoms with Crippen LogP contribution < -0.4 is 10.1 Å². The zero-order valence-corrected chi connectivity index (χ0v) is 14.7. The molecule has 1 heterocycles. The largest absolute Gasteiger partial charge is 0.480 e. The molecule has 0 bridgehead atoms. The Morgan fingerprint density at radius 2 is 2.14 bits per heavy atom. The second-order valence-corrected chi connectivity index (χ2v) is 6.49. The zero-order chi connectivity index (χ0) is 16.3. The number of amides is 1. The highest BCUT2D eigenvalue weighted by molar-refractivity contribution is 9.10. The summed E-state index contributed by atoms with van der Waals surface area (Å²) in [5.74, 6) is 0.137. The van der Waals surface area contributed by atoms with Gasteiger partial charge in [0.1, 0.15) is 11.4 Å². The monoisotopic (exact) mass is 382 g/mol. The van der Waals surface area contributed by atoms with Crippen molar-refractivity contribution in [1.29, 1.82) is 0 Å². The number of halogens is 1. The molecule has 5 nitrogen and oxygen atoms in total. The Hall–Kier alpha value is -1.73. The molecule has 7 heteroatoms. The number of Topliss-reactive ketones (excluding diaryl/α,β-unsaturated/α-hetero) is 1. The molecule has 2 aromatic rings. The van der Waals surface area contributed by atoms with Gasteiger partial charge in [-0.1, -0.05) is 6.07 Å². The molecule has 0 aliphatic heterocycles. The van der Waals surface area contributed by atoms with E-state index in [0.29, 0.717) is 16.6 Å². The van der Waals surface area contributed by atoms with Crippen LogP contribution in [0.25, 0.3) is 0 Å². The molecule has 1 aromatic carbocycles. The van der Waals surface area contributed by atoms with Gasteiger partial charge in [-0.15, -0.1) is 11.3 Å². The van der Waals surface area contributed by atoms with E-state index in [0.717, 1.165) is 10.0 Å². The SMILES string of the molecule is CC(=O)c1csc(NC(=O)[C@H](C)Oc2ccc(C)cc2Br)n1. The van der Waals surface area contributed by atoms with Crippen molar-refractivity contribution in [3.05, 3.63) is 39.3 Å². The first-order valence-corrected chi connectivity index (χ1v) is 8.24. The number of anilines is 1. The van der Waals surface area contributed by atoms with Crippen molar-refractivity contribution >= 4 is 44.1 Å². The molecule has 0 unspecified atom stereocenters. The molecule has 1 aromatic heterocycles. The van der Waals surface area contributed by atoms with Crippen LogP contribution in [-0.2, 0) is 4.79 Å². The third kappa shape index (κ3) is 4.14. The number of aromatic nitrogens is 1. The van der Waals surface area contributed by atoms with E-state index in [1.165, 1.54) is 18.3 Å². The topological polar surface area (TPSA) is 68.3 Å². The van der Waals surface area contributed by atoms with Gasteiger partial charge in [-0.2, -0.15) is 0 Å². The summed E-state index contributed by atoms with van der Waals surface area (Å²) < 4.78 is 6.43. The van der Waals surface area contributed by atoms with Gasteiger partial charge in [-0.3, -0.25) is 14.9 Å². The molecule has 0 saturated heterocycles. The number of rotatable bonds is 5. The Bertz CT molecular complexity index is 715. The third-order valence-electron chi connectivity index (χ3n) is 2.86. The highest BCUT2D eigenvalue weighted by atomic mass is 79.9. The molecular weight excluding hydrogens is 368 g/mol. The van der Waals surface area contributed by atoms with Crippen molar-refractivity contribution in [2.45, 2.75) is 26.9 Å². The van der Waals surface area contributed by atoms with Crippen LogP contribution in [0.5, 0.6) is 5.75 Å². The fourth-order valence-electron chi connectivity index (χ4n) is 1.65. The Morgan fingerprint density at radius 3 is 2.73 bits per heavy atom. The number of benzene rings is 1. The minimum absolute atomic E-state index is 0.135. The van der Waals surface area contributed by atoms with E-state index in [1.807, 2.05) is 19.1 Å². The summed E-state index contributed by atoms with van der Waals surface area (Å²) in [5, 5.41) is 4.64. The van der Waals surface area contributed by atoms with Crippen molar-refractivity contribution in [3.63, 3.8) is 0 Å². The van der Waals surface area contributed by atoms with Crippen LogP contribution >= 0.6 is 27.3 Å². The first kappa shape index (κ1) is 16.6. The number of ketones is 1. The lowest BCUT2D eigenvalue weighted by atomic mass is 10.2. The van der Waals surface area contributed by atoms with Crippen molar-refractivity contribution in [1.82, 2.24) is 4.98 Å². The molecular formula is C15H15BrN2O3S. The van der Waals surface area contributed by atoms with Crippen molar-refractivity contribution < 1.29 is 14.3 Å². The summed E-state index contributed by atoms with van der Waals surface area (Å²) in [6.45, 7) is 5.06. The summed E-state index contributed by atoms with van der Waals surface area (Å²) in [4.78, 5) is 27.3. The van der Waals surface area contributed by atoms with Crippen LogP contribution in [0.15, 0.2) is 28.1 Å². The Kier molecular flexibility index (Phi) is 5.31. The summed E-state index contributed by atoms with van der Waals surface area (Å²) in [5.41, 5.74) is 1.44. The van der Waals surface area contributed by atoms with E-state index in [4.69, 9.17) is 4.74 Å². The molecule has 0 fully saturated rings. The predicted molar refractivity (Wildman–Crippen MR) is 89.7 cm³/mol. The maximum Gasteiger partial charge on any atom is 0.266 e. The lowest BCUT2D eigenvalue weighted by molar-refractivity contribution is -0.122. The van der Waals surface area contributed by atoms with Gasteiger partial charge in [0, 0.05) is 12.3 Å². The van der Waals surface area contributed by atoms with Crippen LogP contribution in [0.1, 0.15) is 29.9 Å². The van der Waals surface area contributed by atoms with Crippen LogP contribution in [0.3, 0.4) is 0 Å². The highest BCUT2D eigenvalue weighted by Gasteiger charge is 2.18. The van der Waals surface area contributed by atoms with Gasteiger partial charge in [0.2, 0.25) is 0 Å². The van der Waals surface area contributed by atoms with Crippen LogP contribution in [0.4, 0.5) is 5.13 Å². The Labute approximate surface area is 140 Å². The minimum Gasteiger partial charge on any atom is -0.480 e. The van der Waals surface area contributed by atoms with E-state index in [9.17, 15) is 9.59 Å². The number of carbonyl (C=O) groups is 2. The maximum atomic E-state index is 12.1. The predicted octanol–water partition coefficient (Wildman–Crippen LogP) is 3.82. The normalized spacial score (nSPS) is 11.8. The molecule has 1 amide bonds. The van der Waals surface area contributed by atoms with Gasteiger partial charge >= 0.3 is 0 Å². The fraction of sp³-hybridized carbons (Fsp3) is 0.267. The number of aryl methyl sites for hydroxylation is 1. The van der Waals surface area contributed by atoms with E-state index in [-0.39, 0.29) is 11.7 Å². The number of nitrogens with zero attached hydrogens (tertiary/aromatic N) is 1. The van der Waals surface area contributed by atoms with Gasteiger partial charge < -0.3 is 4.74 Å². The number of carbonyl (C=O) groups excluding carboxylic acids is 2. The fourth-order valence-corrected chi connectivity index (χ4v) is 2.98. The second-order valence-electron chi connectivity index (χ2n) is 4.78. The molecule has 0 saturated carbocycles. The first-order chi connectivity index (χ1) is 10.4. The lowest BCUT2D eigenvalue weighted by Crippen LogP contribution is -2.30. The number of thiazole rings is 1. The molecule has 22 heavy (non-hydrogen) atoms. The standard InChI is InChI=1S/C15H15BrN2O3S/c1-8-4-5-13(11(16)6-8)21-10(3)14(20)18-15-17-12(7-22-15)9(2)19/h4-7,10H,1-3H3,(H,17,18,20)/t10-/m0/s1. The van der Waals surface area contributed by atoms with Gasteiger partial charge in [-0.25, -0.2) is 4.98 Å². The summed E-state index contributed by atoms with van der Waals surface area (Å²) in [6.07, 6.45) is -0.691. The average molecular weight is 383 g/mol. The first-order valence-electron chi connectivity index (χ1n) is 6.57. The molecule has 116 valence electrons. The van der Waals surface area contributed by atoms with Gasteiger partial charge in [0.15, 0.2) is 17.0 Å². The smallest absolute Gasteiger partial charge is 0.266 e. The molecule has 0 aliphatic carbocycles. The summed E-state index contributed by atoms with van der Waals surface area (Å²) in [7, 11) is 0. The van der Waals surface area contributed by atoms with E-state index in [2.05, 4.69) is 26.2 Å². The number of ether oxygens (including phenoxy) is 1. The van der Waals surface area contributed by atoms with Gasteiger partial charge in [-0.05, 0) is 47.5 Å². The lowest BCUT2D eigenvalue weighted by Gasteiger charge is -2.15. The van der Waals surface area contributed by atoms with Crippen LogP contribution in [-0.4, -0.2) is 22.8 Å². The number of nitrogens with one attached hydrogen (secondary N) is 1. The quantitative estimate of drug-likeness (QED) is 0.797. The minimum atomic E-state index is -0.691. The van der Waals surface area contributed by atoms with Gasteiger partial charge in [0.05, 0.1) is 4.47 Å². The Morgan fingerprint density at radius 1 is 1.41 bits per heavy atom. The third-order valence-corrected chi connectivity index (χ3v) is 4.23. The van der Waals surface area contributed by atoms with Crippen LogP contribution in [0, 0.1) is 6.92 Å². The van der Waals surface area contributed by atoms with Crippen LogP contribution in [0.2, 0.25) is 0 Å². The molecule has 0 spiro atoms. The van der Waals surface area contributed by atoms with Gasteiger partial charge in [0.25, 0.3) is 5.91 Å². The van der Waals surface area contributed by atoms with E-state index in [1.54, 1.807) is 18.4 Å². The number of hydrogen-bond donors (Lipinski definition) is 1. The average Bonchev–Trinajstić information content (AvgIpc) is 2.90. The van der Waals surface area contributed by atoms with E-state index >= 15 is 0 Å². The molecule has 1 atom stereocenters. The molecule has 0 radical (unpaired) electrons. The zero-order valence-electron chi connectivity index (χ0n) is 12.3. The molecule has 0 aliphatic rings. The second kappa shape index (κ2) is 7.02. The maximum absolute atomic E-state index is 12.1. The summed E-state index contributed by atoms with van der Waals surface area (Å²) >= 11 is 4.61. The van der Waals surface area contributed by atoms with E-state index < -0.39 is 6.10 Å². The summed E-state index contributed by atoms with van der Waals surface area (Å²) in [6, 6.07) is 5.63. The Balaban J connectivity index is 2.00. The molecule has 1 N–H and O–H groups in total. The van der Waals surface area contributed by atoms with Crippen molar-refractivity contribution in [3.8, 4) is 5.75 Å². The highest BCUT2D eigenvalue weighted by Crippen LogP contribution is 2.27. The number of hydrogen-bond acceptors (Lipinski definition) is 5. The molecule has 2 rings (SSSR count). The van der Waals surface area contributed by atoms with Crippen molar-refractivity contribution in [2.24, 2.45) is 0 Å².